The van der Waals surface area contributed by atoms with Crippen LogP contribution in [0.5, 0.6) is 5.75 Å². The smallest absolute Gasteiger partial charge is 0.335 e. The van der Waals surface area contributed by atoms with E-state index in [1.807, 2.05) is 24.3 Å². The molecule has 0 bridgehead atoms. The first-order chi connectivity index (χ1) is 9.60. The van der Waals surface area contributed by atoms with Crippen LogP contribution in [-0.2, 0) is 12.8 Å². The third-order valence-electron chi connectivity index (χ3n) is 3.11. The van der Waals surface area contributed by atoms with E-state index in [2.05, 4.69) is 0 Å². The van der Waals surface area contributed by atoms with Crippen molar-refractivity contribution in [1.82, 2.24) is 0 Å². The minimum Gasteiger partial charge on any atom is -0.497 e. The Kier molecular flexibility index (Phi) is 4.64. The zero-order chi connectivity index (χ0) is 14.5. The Bertz CT molecular complexity index is 623. The Labute approximate surface area is 122 Å². The fourth-order valence-electron chi connectivity index (χ4n) is 2.08. The number of halogens is 1. The van der Waals surface area contributed by atoms with E-state index in [9.17, 15) is 9.90 Å². The maximum atomic E-state index is 11.2. The summed E-state index contributed by atoms with van der Waals surface area (Å²) in [5.74, 6) is -0.259. The molecule has 0 atom stereocenters. The average molecular weight is 291 g/mol. The van der Waals surface area contributed by atoms with E-state index in [-0.39, 0.29) is 0 Å². The summed E-state index contributed by atoms with van der Waals surface area (Å²) in [6.07, 6.45) is 1.35. The number of ether oxygens (including phenoxy) is 1. The van der Waals surface area contributed by atoms with Crippen LogP contribution < -0.4 is 4.74 Å². The molecule has 0 aliphatic carbocycles. The van der Waals surface area contributed by atoms with E-state index in [1.165, 1.54) is 0 Å². The number of carbonyl (C=O) groups is 1. The van der Waals surface area contributed by atoms with E-state index in [0.29, 0.717) is 22.8 Å². The largest absolute Gasteiger partial charge is 0.497 e. The predicted molar refractivity (Wildman–Crippen MR) is 78.8 cm³/mol. The molecule has 2 aromatic rings. The highest BCUT2D eigenvalue weighted by atomic mass is 35.5. The molecule has 0 aliphatic rings. The number of benzene rings is 2. The van der Waals surface area contributed by atoms with Crippen LogP contribution in [0, 0.1) is 0 Å². The Morgan fingerprint density at radius 1 is 1.20 bits per heavy atom. The van der Waals surface area contributed by atoms with E-state index >= 15 is 0 Å². The minimum atomic E-state index is -0.922. The van der Waals surface area contributed by atoms with Gasteiger partial charge in [-0.25, -0.2) is 4.79 Å². The first kappa shape index (κ1) is 14.4. The van der Waals surface area contributed by atoms with Gasteiger partial charge in [0, 0.05) is 5.02 Å². The van der Waals surface area contributed by atoms with Crippen molar-refractivity contribution >= 4 is 17.6 Å². The Morgan fingerprint density at radius 3 is 2.65 bits per heavy atom. The summed E-state index contributed by atoms with van der Waals surface area (Å²) in [5.41, 5.74) is 2.15. The lowest BCUT2D eigenvalue weighted by Gasteiger charge is -2.09. The molecule has 0 unspecified atom stereocenters. The highest BCUT2D eigenvalue weighted by Crippen LogP contribution is 2.20. The molecule has 0 fully saturated rings. The summed E-state index contributed by atoms with van der Waals surface area (Å²) >= 11 is 5.94. The van der Waals surface area contributed by atoms with Crippen molar-refractivity contribution < 1.29 is 14.6 Å². The topological polar surface area (TPSA) is 46.5 Å². The number of carboxylic acids is 1. The third-order valence-corrected chi connectivity index (χ3v) is 3.35. The number of aromatic carboxylic acids is 1. The Balaban J connectivity index is 2.21. The average Bonchev–Trinajstić information content (AvgIpc) is 2.44. The van der Waals surface area contributed by atoms with Gasteiger partial charge in [-0.15, -0.1) is 0 Å². The fourth-order valence-corrected chi connectivity index (χ4v) is 2.30. The molecule has 3 nitrogen and oxygen atoms in total. The summed E-state index contributed by atoms with van der Waals surface area (Å²) in [4.78, 5) is 11.2. The molecule has 2 rings (SSSR count). The van der Waals surface area contributed by atoms with E-state index in [1.54, 1.807) is 25.3 Å². The Hall–Kier alpha value is -2.00. The van der Waals surface area contributed by atoms with Crippen molar-refractivity contribution in [1.29, 1.82) is 0 Å². The van der Waals surface area contributed by atoms with Crippen LogP contribution in [-0.4, -0.2) is 18.2 Å². The van der Waals surface area contributed by atoms with Crippen molar-refractivity contribution in [2.45, 2.75) is 12.8 Å². The molecule has 0 saturated heterocycles. The maximum absolute atomic E-state index is 11.2. The first-order valence-corrected chi connectivity index (χ1v) is 6.62. The van der Waals surface area contributed by atoms with Crippen LogP contribution in [0.1, 0.15) is 21.5 Å². The second-order valence-corrected chi connectivity index (χ2v) is 4.89. The second kappa shape index (κ2) is 6.44. The van der Waals surface area contributed by atoms with Gasteiger partial charge in [0.15, 0.2) is 0 Å². The second-order valence-electron chi connectivity index (χ2n) is 4.46. The monoisotopic (exact) mass is 290 g/mol. The van der Waals surface area contributed by atoms with Crippen molar-refractivity contribution in [2.75, 3.05) is 7.11 Å². The Morgan fingerprint density at radius 2 is 2.00 bits per heavy atom. The summed E-state index contributed by atoms with van der Waals surface area (Å²) in [6, 6.07) is 12.6. The molecule has 0 spiro atoms. The van der Waals surface area contributed by atoms with Gasteiger partial charge in [-0.05, 0) is 54.3 Å². The minimum absolute atomic E-state index is 0.313. The molecule has 0 aliphatic heterocycles. The van der Waals surface area contributed by atoms with Gasteiger partial charge < -0.3 is 9.84 Å². The summed E-state index contributed by atoms with van der Waals surface area (Å²) in [5, 5.41) is 9.90. The number of methoxy groups -OCH3 is 1. The van der Waals surface area contributed by atoms with Crippen LogP contribution in [0.25, 0.3) is 0 Å². The maximum Gasteiger partial charge on any atom is 0.335 e. The predicted octanol–water partition coefficient (Wildman–Crippen LogP) is 3.83. The molecule has 0 heterocycles. The van der Waals surface area contributed by atoms with Crippen molar-refractivity contribution in [3.05, 3.63) is 64.2 Å². The molecule has 0 saturated carbocycles. The van der Waals surface area contributed by atoms with Gasteiger partial charge in [0.1, 0.15) is 5.75 Å². The van der Waals surface area contributed by atoms with Crippen LogP contribution in [0.15, 0.2) is 42.5 Å². The number of hydrogen-bond acceptors (Lipinski definition) is 2. The van der Waals surface area contributed by atoms with Crippen LogP contribution >= 0.6 is 11.6 Å². The van der Waals surface area contributed by atoms with Crippen molar-refractivity contribution in [2.24, 2.45) is 0 Å². The summed E-state index contributed by atoms with van der Waals surface area (Å²) in [7, 11) is 1.57. The van der Waals surface area contributed by atoms with Gasteiger partial charge in [-0.3, -0.25) is 0 Å². The van der Waals surface area contributed by atoms with Gasteiger partial charge in [-0.1, -0.05) is 23.7 Å². The molecule has 104 valence electrons. The number of carboxylic acid groups (broad SMARTS) is 1. The van der Waals surface area contributed by atoms with E-state index < -0.39 is 5.97 Å². The molecule has 1 N–H and O–H groups in total. The first-order valence-electron chi connectivity index (χ1n) is 6.25. The molecule has 2 aromatic carbocycles. The van der Waals surface area contributed by atoms with Gasteiger partial charge in [0.25, 0.3) is 0 Å². The van der Waals surface area contributed by atoms with Crippen LogP contribution in [0.3, 0.4) is 0 Å². The van der Waals surface area contributed by atoms with Gasteiger partial charge in [0.05, 0.1) is 12.7 Å². The zero-order valence-corrected chi connectivity index (χ0v) is 11.9. The normalized spacial score (nSPS) is 10.3. The number of rotatable bonds is 5. The zero-order valence-electron chi connectivity index (χ0n) is 11.1. The highest BCUT2D eigenvalue weighted by molar-refractivity contribution is 6.30. The molecule has 0 amide bonds. The number of aryl methyl sites for hydroxylation is 2. The van der Waals surface area contributed by atoms with Crippen molar-refractivity contribution in [3.8, 4) is 5.75 Å². The third kappa shape index (κ3) is 3.52. The number of hydrogen-bond donors (Lipinski definition) is 1. The quantitative estimate of drug-likeness (QED) is 0.910. The fraction of sp³-hybridized carbons (Fsp3) is 0.188. The van der Waals surface area contributed by atoms with Crippen molar-refractivity contribution in [3.63, 3.8) is 0 Å². The van der Waals surface area contributed by atoms with E-state index in [4.69, 9.17) is 16.3 Å². The molecule has 0 aromatic heterocycles. The molecular formula is C16H15ClO3. The lowest BCUT2D eigenvalue weighted by molar-refractivity contribution is 0.0695. The van der Waals surface area contributed by atoms with Gasteiger partial charge in [0.2, 0.25) is 0 Å². The van der Waals surface area contributed by atoms with Crippen LogP contribution in [0.4, 0.5) is 0 Å². The lowest BCUT2D eigenvalue weighted by Crippen LogP contribution is -2.04. The molecular weight excluding hydrogens is 276 g/mol. The highest BCUT2D eigenvalue weighted by Gasteiger charge is 2.11. The summed E-state index contributed by atoms with van der Waals surface area (Å²) < 4.78 is 5.15. The van der Waals surface area contributed by atoms with Crippen LogP contribution in [0.2, 0.25) is 5.02 Å². The molecule has 20 heavy (non-hydrogen) atoms. The lowest BCUT2D eigenvalue weighted by atomic mass is 9.99. The van der Waals surface area contributed by atoms with E-state index in [0.717, 1.165) is 17.5 Å². The molecule has 0 radical (unpaired) electrons. The van der Waals surface area contributed by atoms with Gasteiger partial charge >= 0.3 is 5.97 Å². The molecule has 4 heteroatoms. The standard InChI is InChI=1S/C16H15ClO3/c1-20-14-7-8-15(16(18)19)12(10-14)6-5-11-3-2-4-13(17)9-11/h2-4,7-10H,5-6H2,1H3,(H,18,19). The van der Waals surface area contributed by atoms with Gasteiger partial charge in [-0.2, -0.15) is 0 Å². The SMILES string of the molecule is COc1ccc(C(=O)O)c(CCc2cccc(Cl)c2)c1. The summed E-state index contributed by atoms with van der Waals surface area (Å²) in [6.45, 7) is 0.